The van der Waals surface area contributed by atoms with Gasteiger partial charge in [-0.05, 0) is 64.5 Å². The summed E-state index contributed by atoms with van der Waals surface area (Å²) in [5.74, 6) is -0.0836. The molecule has 0 saturated carbocycles. The van der Waals surface area contributed by atoms with Crippen molar-refractivity contribution >= 4 is 17.3 Å². The molecule has 4 rings (SSSR count). The maximum absolute atomic E-state index is 11.1. The first-order valence-electron chi connectivity index (χ1n) is 8.89. The zero-order valence-corrected chi connectivity index (χ0v) is 15.9. The van der Waals surface area contributed by atoms with Crippen LogP contribution in [0.1, 0.15) is 15.9 Å². The van der Waals surface area contributed by atoms with E-state index in [0.29, 0.717) is 12.2 Å². The molecule has 0 bridgehead atoms. The molecule has 0 unspecified atom stereocenters. The molecule has 3 aromatic carbocycles. The molecule has 4 aromatic rings. The first kappa shape index (κ1) is 18.0. The predicted octanol–water partition coefficient (Wildman–Crippen LogP) is 6.36. The van der Waals surface area contributed by atoms with Crippen molar-refractivity contribution in [1.29, 1.82) is 0 Å². The van der Waals surface area contributed by atoms with Crippen LogP contribution in [0.2, 0.25) is 0 Å². The number of ether oxygens (including phenoxy) is 1. The highest BCUT2D eigenvalue weighted by Crippen LogP contribution is 2.37. The number of carbonyl (C=O) groups is 1. The van der Waals surface area contributed by atoms with Crippen LogP contribution in [0, 0.1) is 0 Å². The van der Waals surface area contributed by atoms with Crippen LogP contribution in [0.5, 0.6) is 5.75 Å². The van der Waals surface area contributed by atoms with Gasteiger partial charge in [0.05, 0.1) is 5.56 Å². The van der Waals surface area contributed by atoms with Crippen molar-refractivity contribution in [1.82, 2.24) is 0 Å². The Labute approximate surface area is 167 Å². The third-order valence-electron chi connectivity index (χ3n) is 4.47. The van der Waals surface area contributed by atoms with E-state index < -0.39 is 5.97 Å². The number of hydrogen-bond donors (Lipinski definition) is 1. The fourth-order valence-electron chi connectivity index (χ4n) is 3.00. The van der Waals surface area contributed by atoms with Gasteiger partial charge in [0.1, 0.15) is 12.4 Å². The Balaban J connectivity index is 1.52. The van der Waals surface area contributed by atoms with E-state index in [0.717, 1.165) is 32.9 Å². The Bertz CT molecular complexity index is 1070. The predicted molar refractivity (Wildman–Crippen MR) is 113 cm³/mol. The molecule has 0 aliphatic heterocycles. The molecule has 0 aliphatic carbocycles. The second-order valence-electron chi connectivity index (χ2n) is 6.34. The van der Waals surface area contributed by atoms with Crippen molar-refractivity contribution in [2.75, 3.05) is 0 Å². The summed E-state index contributed by atoms with van der Waals surface area (Å²) in [6, 6.07) is 27.2. The molecule has 28 heavy (non-hydrogen) atoms. The maximum Gasteiger partial charge on any atom is 0.335 e. The number of carboxylic acid groups (broad SMARTS) is 1. The van der Waals surface area contributed by atoms with Gasteiger partial charge in [-0.15, -0.1) is 11.3 Å². The lowest BCUT2D eigenvalue weighted by atomic mass is 10.0. The lowest BCUT2D eigenvalue weighted by molar-refractivity contribution is 0.0697. The molecule has 138 valence electrons. The molecular formula is C24H18O3S. The van der Waals surface area contributed by atoms with Crippen molar-refractivity contribution in [3.05, 3.63) is 101 Å². The van der Waals surface area contributed by atoms with Crippen LogP contribution >= 0.6 is 11.3 Å². The molecule has 0 saturated heterocycles. The normalized spacial score (nSPS) is 10.6. The monoisotopic (exact) mass is 386 g/mol. The zero-order valence-electron chi connectivity index (χ0n) is 15.0. The third kappa shape index (κ3) is 3.97. The van der Waals surface area contributed by atoms with Crippen molar-refractivity contribution in [2.24, 2.45) is 0 Å². The van der Waals surface area contributed by atoms with Crippen LogP contribution in [0.15, 0.2) is 90.3 Å². The van der Waals surface area contributed by atoms with Crippen LogP contribution in [0.25, 0.3) is 21.6 Å². The highest BCUT2D eigenvalue weighted by molar-refractivity contribution is 7.14. The van der Waals surface area contributed by atoms with Gasteiger partial charge in [-0.25, -0.2) is 4.79 Å². The summed E-state index contributed by atoms with van der Waals surface area (Å²) < 4.78 is 5.86. The third-order valence-corrected chi connectivity index (χ3v) is 5.44. The summed E-state index contributed by atoms with van der Waals surface area (Å²) in [4.78, 5) is 12.2. The van der Waals surface area contributed by atoms with E-state index in [1.807, 2.05) is 54.6 Å². The number of carboxylic acids is 1. The van der Waals surface area contributed by atoms with Gasteiger partial charge in [0.25, 0.3) is 0 Å². The van der Waals surface area contributed by atoms with Gasteiger partial charge in [0.2, 0.25) is 0 Å². The lowest BCUT2D eigenvalue weighted by Gasteiger charge is -2.08. The molecule has 0 spiro atoms. The summed E-state index contributed by atoms with van der Waals surface area (Å²) in [5.41, 5.74) is 4.64. The minimum absolute atomic E-state index is 0.292. The van der Waals surface area contributed by atoms with Gasteiger partial charge in [0.15, 0.2) is 0 Å². The first-order chi connectivity index (χ1) is 13.7. The minimum Gasteiger partial charge on any atom is -0.489 e. The van der Waals surface area contributed by atoms with Crippen LogP contribution in [-0.2, 0) is 6.61 Å². The van der Waals surface area contributed by atoms with Crippen molar-refractivity contribution in [2.45, 2.75) is 6.61 Å². The van der Waals surface area contributed by atoms with E-state index in [-0.39, 0.29) is 0 Å². The van der Waals surface area contributed by atoms with Crippen molar-refractivity contribution in [3.63, 3.8) is 0 Å². The quantitative estimate of drug-likeness (QED) is 0.419. The smallest absolute Gasteiger partial charge is 0.335 e. The van der Waals surface area contributed by atoms with Crippen LogP contribution in [0.4, 0.5) is 0 Å². The van der Waals surface area contributed by atoms with E-state index in [1.165, 1.54) is 0 Å². The average molecular weight is 386 g/mol. The Morgan fingerprint density at radius 1 is 0.821 bits per heavy atom. The fourth-order valence-corrected chi connectivity index (χ4v) is 3.92. The van der Waals surface area contributed by atoms with Gasteiger partial charge in [0, 0.05) is 10.4 Å². The first-order valence-corrected chi connectivity index (χ1v) is 9.77. The van der Waals surface area contributed by atoms with E-state index in [2.05, 4.69) is 23.6 Å². The van der Waals surface area contributed by atoms with Crippen LogP contribution in [-0.4, -0.2) is 11.1 Å². The standard InChI is InChI=1S/C24H18O3S/c25-24(26)20-8-6-18(7-9-20)22-14-15-28-23(22)19-10-12-21(13-11-19)27-16-17-4-2-1-3-5-17/h1-15H,16H2,(H,25,26). The van der Waals surface area contributed by atoms with Crippen LogP contribution in [0.3, 0.4) is 0 Å². The lowest BCUT2D eigenvalue weighted by Crippen LogP contribution is -1.95. The average Bonchev–Trinajstić information content (AvgIpc) is 3.23. The molecule has 1 heterocycles. The number of rotatable bonds is 6. The largest absolute Gasteiger partial charge is 0.489 e. The second kappa shape index (κ2) is 8.11. The van der Waals surface area contributed by atoms with E-state index in [4.69, 9.17) is 9.84 Å². The number of hydrogen-bond acceptors (Lipinski definition) is 3. The number of benzene rings is 3. The molecule has 0 amide bonds. The topological polar surface area (TPSA) is 46.5 Å². The second-order valence-corrected chi connectivity index (χ2v) is 7.26. The van der Waals surface area contributed by atoms with Gasteiger partial charge >= 0.3 is 5.97 Å². The van der Waals surface area contributed by atoms with Gasteiger partial charge < -0.3 is 9.84 Å². The maximum atomic E-state index is 11.1. The van der Waals surface area contributed by atoms with Gasteiger partial charge in [-0.3, -0.25) is 0 Å². The molecule has 4 heteroatoms. The number of aromatic carboxylic acids is 1. The summed E-state index contributed by atoms with van der Waals surface area (Å²) in [6.45, 7) is 0.542. The van der Waals surface area contributed by atoms with E-state index in [9.17, 15) is 4.79 Å². The molecule has 0 aliphatic rings. The summed E-state index contributed by atoms with van der Waals surface area (Å²) in [5, 5.41) is 11.1. The van der Waals surface area contributed by atoms with Crippen molar-refractivity contribution < 1.29 is 14.6 Å². The highest BCUT2D eigenvalue weighted by Gasteiger charge is 2.10. The molecule has 0 atom stereocenters. The number of thiophene rings is 1. The van der Waals surface area contributed by atoms with Gasteiger partial charge in [-0.2, -0.15) is 0 Å². The molecule has 1 aromatic heterocycles. The Morgan fingerprint density at radius 3 is 2.18 bits per heavy atom. The van der Waals surface area contributed by atoms with Crippen molar-refractivity contribution in [3.8, 4) is 27.3 Å². The zero-order chi connectivity index (χ0) is 19.3. The Morgan fingerprint density at radius 2 is 1.50 bits per heavy atom. The molecule has 0 radical (unpaired) electrons. The Kier molecular flexibility index (Phi) is 5.22. The Hall–Kier alpha value is -3.37. The molecule has 3 nitrogen and oxygen atoms in total. The fraction of sp³-hybridized carbons (Fsp3) is 0.0417. The highest BCUT2D eigenvalue weighted by atomic mass is 32.1. The van der Waals surface area contributed by atoms with E-state index in [1.54, 1.807) is 23.5 Å². The summed E-state index contributed by atoms with van der Waals surface area (Å²) >= 11 is 1.67. The molecule has 1 N–H and O–H groups in total. The van der Waals surface area contributed by atoms with Gasteiger partial charge in [-0.1, -0.05) is 42.5 Å². The minimum atomic E-state index is -0.914. The summed E-state index contributed by atoms with van der Waals surface area (Å²) in [7, 11) is 0. The SMILES string of the molecule is O=C(O)c1ccc(-c2ccsc2-c2ccc(OCc3ccccc3)cc2)cc1. The summed E-state index contributed by atoms with van der Waals surface area (Å²) in [6.07, 6.45) is 0. The molecular weight excluding hydrogens is 368 g/mol. The molecule has 0 fully saturated rings. The van der Waals surface area contributed by atoms with Crippen LogP contribution < -0.4 is 4.74 Å². The van der Waals surface area contributed by atoms with E-state index >= 15 is 0 Å².